The molecule has 6 rings (SSSR count). The van der Waals surface area contributed by atoms with Gasteiger partial charge in [0.15, 0.2) is 0 Å². The van der Waals surface area contributed by atoms with Gasteiger partial charge in [0.25, 0.3) is 0 Å². The molecule has 1 heteroatoms. The lowest BCUT2D eigenvalue weighted by molar-refractivity contribution is 0.358. The summed E-state index contributed by atoms with van der Waals surface area (Å²) >= 11 is 0. The highest BCUT2D eigenvalue weighted by atomic mass is 14.7. The molecule has 2 aromatic carbocycles. The topological polar surface area (TPSA) is 12.9 Å². The number of hydrogen-bond acceptors (Lipinski definition) is 1. The molecule has 3 aliphatic rings. The van der Waals surface area contributed by atoms with Crippen molar-refractivity contribution >= 4 is 0 Å². The number of rotatable bonds is 2. The van der Waals surface area contributed by atoms with Crippen molar-refractivity contribution < 1.29 is 0 Å². The number of hydrogen-bond donors (Lipinski definition) is 0. The maximum Gasteiger partial charge on any atom is 0.0705 e. The van der Waals surface area contributed by atoms with Crippen LogP contribution in [0.25, 0.3) is 22.4 Å². The third-order valence-electron chi connectivity index (χ3n) is 5.86. The van der Waals surface area contributed by atoms with E-state index in [-0.39, 0.29) is 0 Å². The fourth-order valence-corrected chi connectivity index (χ4v) is 4.51. The molecule has 0 atom stereocenters. The van der Waals surface area contributed by atoms with Gasteiger partial charge in [0, 0.05) is 11.8 Å². The number of nitrogens with zero attached hydrogens (tertiary/aromatic N) is 1. The van der Waals surface area contributed by atoms with Gasteiger partial charge >= 0.3 is 0 Å². The van der Waals surface area contributed by atoms with Crippen LogP contribution in [-0.2, 0) is 0 Å². The van der Waals surface area contributed by atoms with Crippen molar-refractivity contribution in [3.05, 3.63) is 78.0 Å². The molecule has 1 heterocycles. The second-order valence-corrected chi connectivity index (χ2v) is 7.19. The predicted octanol–water partition coefficient (Wildman–Crippen LogP) is 6.17. The quantitative estimate of drug-likeness (QED) is 0.551. The Labute approximate surface area is 143 Å². The number of pyridine rings is 1. The van der Waals surface area contributed by atoms with Gasteiger partial charge in [0.2, 0.25) is 0 Å². The molecule has 0 amide bonds. The second-order valence-electron chi connectivity index (χ2n) is 7.19. The highest BCUT2D eigenvalue weighted by molar-refractivity contribution is 5.69. The summed E-state index contributed by atoms with van der Waals surface area (Å²) in [4.78, 5) is 4.78. The minimum Gasteiger partial charge on any atom is -0.256 e. The molecule has 0 N–H and O–H groups in total. The van der Waals surface area contributed by atoms with E-state index in [4.69, 9.17) is 4.98 Å². The Kier molecular flexibility index (Phi) is 3.26. The molecule has 1 aromatic heterocycles. The van der Waals surface area contributed by atoms with E-state index in [9.17, 15) is 0 Å². The smallest absolute Gasteiger partial charge is 0.0705 e. The first-order valence-corrected chi connectivity index (χ1v) is 9.04. The molecule has 118 valence electrons. The molecule has 2 bridgehead atoms. The third-order valence-corrected chi connectivity index (χ3v) is 5.86. The lowest BCUT2D eigenvalue weighted by Gasteiger charge is -2.38. The van der Waals surface area contributed by atoms with E-state index < -0.39 is 0 Å². The number of benzene rings is 2. The van der Waals surface area contributed by atoms with Crippen LogP contribution in [0.5, 0.6) is 0 Å². The van der Waals surface area contributed by atoms with Crippen LogP contribution in [0.3, 0.4) is 0 Å². The zero-order valence-electron chi connectivity index (χ0n) is 13.8. The van der Waals surface area contributed by atoms with Crippen LogP contribution in [0.4, 0.5) is 0 Å². The van der Waals surface area contributed by atoms with Gasteiger partial charge in [-0.3, -0.25) is 4.98 Å². The van der Waals surface area contributed by atoms with E-state index in [1.165, 1.54) is 47.9 Å². The average molecular weight is 311 g/mol. The standard InChI is InChI=1S/C23H21N/c1-2-4-16(5-3-1)17-6-12-20(13-7-17)23-14-21-18-8-10-19(11-9-18)22(21)15-24-23/h1-7,12-15,18-19H,8-11H2. The van der Waals surface area contributed by atoms with Crippen molar-refractivity contribution in [1.29, 1.82) is 0 Å². The lowest BCUT2D eigenvalue weighted by Crippen LogP contribution is -2.21. The first kappa shape index (κ1) is 14.0. The Balaban J connectivity index is 1.50. The Morgan fingerprint density at radius 2 is 1.21 bits per heavy atom. The van der Waals surface area contributed by atoms with Crippen LogP contribution in [0.1, 0.15) is 48.6 Å². The zero-order chi connectivity index (χ0) is 15.9. The van der Waals surface area contributed by atoms with Gasteiger partial charge in [-0.15, -0.1) is 0 Å². The van der Waals surface area contributed by atoms with Gasteiger partial charge in [-0.1, -0.05) is 54.6 Å². The SMILES string of the molecule is c1ccc(-c2ccc(-c3cc4c(cn3)C3CCC4CC3)cc2)cc1. The fourth-order valence-electron chi connectivity index (χ4n) is 4.51. The Morgan fingerprint density at radius 1 is 0.625 bits per heavy atom. The molecule has 1 saturated carbocycles. The molecule has 3 aromatic rings. The minimum absolute atomic E-state index is 0.770. The van der Waals surface area contributed by atoms with E-state index in [1.54, 1.807) is 5.56 Å². The van der Waals surface area contributed by atoms with E-state index in [2.05, 4.69) is 66.9 Å². The van der Waals surface area contributed by atoms with Crippen LogP contribution < -0.4 is 0 Å². The van der Waals surface area contributed by atoms with E-state index in [0.29, 0.717) is 0 Å². The first-order chi connectivity index (χ1) is 11.9. The summed E-state index contributed by atoms with van der Waals surface area (Å²) in [5.74, 6) is 1.54. The average Bonchev–Trinajstić information content (AvgIpc) is 2.69. The van der Waals surface area contributed by atoms with E-state index in [1.807, 2.05) is 0 Å². The Bertz CT molecular complexity index is 856. The summed E-state index contributed by atoms with van der Waals surface area (Å²) in [6.07, 6.45) is 7.63. The van der Waals surface area contributed by atoms with Crippen LogP contribution in [0.15, 0.2) is 66.9 Å². The van der Waals surface area contributed by atoms with Crippen LogP contribution in [0.2, 0.25) is 0 Å². The summed E-state index contributed by atoms with van der Waals surface area (Å²) in [5.41, 5.74) is 7.98. The summed E-state index contributed by atoms with van der Waals surface area (Å²) < 4.78 is 0. The monoisotopic (exact) mass is 311 g/mol. The Hall–Kier alpha value is -2.41. The van der Waals surface area contributed by atoms with E-state index in [0.717, 1.165) is 17.5 Å². The third kappa shape index (κ3) is 2.27. The number of fused-ring (bicyclic) bond motifs is 2. The lowest BCUT2D eigenvalue weighted by atomic mass is 9.67. The van der Waals surface area contributed by atoms with Crippen LogP contribution in [0, 0.1) is 0 Å². The fraction of sp³-hybridized carbons (Fsp3) is 0.261. The molecule has 1 fully saturated rings. The molecule has 1 nitrogen and oxygen atoms in total. The summed E-state index contributed by atoms with van der Waals surface area (Å²) in [5, 5.41) is 0. The first-order valence-electron chi connectivity index (χ1n) is 9.04. The minimum atomic E-state index is 0.770. The second kappa shape index (κ2) is 5.59. The molecule has 0 radical (unpaired) electrons. The van der Waals surface area contributed by atoms with Crippen LogP contribution in [-0.4, -0.2) is 4.98 Å². The number of aromatic nitrogens is 1. The van der Waals surface area contributed by atoms with Crippen molar-refractivity contribution in [2.45, 2.75) is 37.5 Å². The van der Waals surface area contributed by atoms with Crippen molar-refractivity contribution in [2.24, 2.45) is 0 Å². The highest BCUT2D eigenvalue weighted by Gasteiger charge is 2.33. The molecular formula is C23H21N. The van der Waals surface area contributed by atoms with Gasteiger partial charge in [-0.25, -0.2) is 0 Å². The van der Waals surface area contributed by atoms with Crippen molar-refractivity contribution in [1.82, 2.24) is 4.98 Å². The summed E-state index contributed by atoms with van der Waals surface area (Å²) in [7, 11) is 0. The normalized spacial score (nSPS) is 21.5. The van der Waals surface area contributed by atoms with Crippen LogP contribution >= 0.6 is 0 Å². The van der Waals surface area contributed by atoms with Gasteiger partial charge in [0.05, 0.1) is 5.69 Å². The van der Waals surface area contributed by atoms with E-state index >= 15 is 0 Å². The van der Waals surface area contributed by atoms with Crippen molar-refractivity contribution in [2.75, 3.05) is 0 Å². The largest absolute Gasteiger partial charge is 0.256 e. The molecule has 3 aliphatic carbocycles. The molecule has 24 heavy (non-hydrogen) atoms. The molecule has 0 spiro atoms. The maximum atomic E-state index is 4.78. The van der Waals surface area contributed by atoms with Crippen molar-refractivity contribution in [3.8, 4) is 22.4 Å². The predicted molar refractivity (Wildman–Crippen MR) is 99.1 cm³/mol. The van der Waals surface area contributed by atoms with Gasteiger partial charge < -0.3 is 0 Å². The van der Waals surface area contributed by atoms with Gasteiger partial charge in [0.1, 0.15) is 0 Å². The molecular weight excluding hydrogens is 290 g/mol. The molecule has 0 unspecified atom stereocenters. The van der Waals surface area contributed by atoms with Gasteiger partial charge in [-0.2, -0.15) is 0 Å². The molecule has 0 saturated heterocycles. The maximum absolute atomic E-state index is 4.78. The molecule has 0 aliphatic heterocycles. The highest BCUT2D eigenvalue weighted by Crippen LogP contribution is 2.49. The Morgan fingerprint density at radius 3 is 1.92 bits per heavy atom. The summed E-state index contributed by atoms with van der Waals surface area (Å²) in [6, 6.07) is 21.7. The van der Waals surface area contributed by atoms with Crippen molar-refractivity contribution in [3.63, 3.8) is 0 Å². The van der Waals surface area contributed by atoms with Gasteiger partial charge in [-0.05, 0) is 65.8 Å². The summed E-state index contributed by atoms with van der Waals surface area (Å²) in [6.45, 7) is 0. The zero-order valence-corrected chi connectivity index (χ0v) is 13.8.